The second kappa shape index (κ2) is 4.89. The van der Waals surface area contributed by atoms with Gasteiger partial charge in [0.25, 0.3) is 0 Å². The maximum Gasteiger partial charge on any atom is 0.0635 e. The third kappa shape index (κ3) is 3.17. The Labute approximate surface area is 70.5 Å². The minimum Gasteiger partial charge on any atom is -0.312 e. The van der Waals surface area contributed by atoms with Crippen LogP contribution in [0.1, 0.15) is 12.0 Å². The van der Waals surface area contributed by atoms with Gasteiger partial charge in [0, 0.05) is 19.5 Å². The number of nitrogens with one attached hydrogen (secondary N) is 1. The van der Waals surface area contributed by atoms with Crippen molar-refractivity contribution in [1.29, 1.82) is 5.26 Å². The SMILES string of the molecule is N#CCCNCc1ccsc1. The molecule has 0 saturated carbocycles. The monoisotopic (exact) mass is 166 g/mol. The van der Waals surface area contributed by atoms with Crippen LogP contribution in [-0.4, -0.2) is 6.54 Å². The fourth-order valence-corrected chi connectivity index (χ4v) is 1.44. The Balaban J connectivity index is 2.10. The number of rotatable bonds is 4. The van der Waals surface area contributed by atoms with Gasteiger partial charge in [0.1, 0.15) is 0 Å². The van der Waals surface area contributed by atoms with Gasteiger partial charge >= 0.3 is 0 Å². The quantitative estimate of drug-likeness (QED) is 0.692. The van der Waals surface area contributed by atoms with Gasteiger partial charge in [0.15, 0.2) is 0 Å². The third-order valence-corrected chi connectivity index (χ3v) is 2.05. The third-order valence-electron chi connectivity index (χ3n) is 1.32. The highest BCUT2D eigenvalue weighted by Gasteiger charge is 1.90. The highest BCUT2D eigenvalue weighted by atomic mass is 32.1. The number of nitriles is 1. The zero-order valence-electron chi connectivity index (χ0n) is 6.21. The summed E-state index contributed by atoms with van der Waals surface area (Å²) < 4.78 is 0. The van der Waals surface area contributed by atoms with Crippen LogP contribution in [0.5, 0.6) is 0 Å². The van der Waals surface area contributed by atoms with Crippen molar-refractivity contribution in [3.8, 4) is 6.07 Å². The largest absolute Gasteiger partial charge is 0.312 e. The summed E-state index contributed by atoms with van der Waals surface area (Å²) in [6.45, 7) is 1.66. The molecule has 0 radical (unpaired) electrons. The van der Waals surface area contributed by atoms with Crippen molar-refractivity contribution in [1.82, 2.24) is 5.32 Å². The van der Waals surface area contributed by atoms with E-state index in [1.165, 1.54) is 5.56 Å². The number of nitrogens with zero attached hydrogens (tertiary/aromatic N) is 1. The molecule has 0 unspecified atom stereocenters. The van der Waals surface area contributed by atoms with E-state index in [1.54, 1.807) is 11.3 Å². The first-order valence-electron chi connectivity index (χ1n) is 3.52. The zero-order valence-corrected chi connectivity index (χ0v) is 7.03. The van der Waals surface area contributed by atoms with E-state index in [9.17, 15) is 0 Å². The molecule has 1 aromatic rings. The van der Waals surface area contributed by atoms with E-state index in [0.29, 0.717) is 6.42 Å². The van der Waals surface area contributed by atoms with Gasteiger partial charge in [0.05, 0.1) is 6.07 Å². The van der Waals surface area contributed by atoms with Crippen molar-refractivity contribution in [3.05, 3.63) is 22.4 Å². The molecule has 1 heterocycles. The molecule has 1 rings (SSSR count). The molecule has 0 aliphatic carbocycles. The fourth-order valence-electron chi connectivity index (χ4n) is 0.770. The summed E-state index contributed by atoms with van der Waals surface area (Å²) in [4.78, 5) is 0. The van der Waals surface area contributed by atoms with Crippen LogP contribution >= 0.6 is 11.3 Å². The van der Waals surface area contributed by atoms with Crippen molar-refractivity contribution in [2.24, 2.45) is 0 Å². The summed E-state index contributed by atoms with van der Waals surface area (Å²) in [5.74, 6) is 0. The molecule has 11 heavy (non-hydrogen) atoms. The van der Waals surface area contributed by atoms with Gasteiger partial charge in [-0.05, 0) is 22.4 Å². The topological polar surface area (TPSA) is 35.8 Å². The van der Waals surface area contributed by atoms with Crippen LogP contribution in [0.15, 0.2) is 16.8 Å². The lowest BCUT2D eigenvalue weighted by Gasteiger charge is -1.97. The van der Waals surface area contributed by atoms with Gasteiger partial charge in [0.2, 0.25) is 0 Å². The normalized spacial score (nSPS) is 9.36. The highest BCUT2D eigenvalue weighted by molar-refractivity contribution is 7.07. The Hall–Kier alpha value is -0.850. The predicted octanol–water partition coefficient (Wildman–Crippen LogP) is 1.75. The van der Waals surface area contributed by atoms with E-state index in [-0.39, 0.29) is 0 Å². The van der Waals surface area contributed by atoms with Crippen molar-refractivity contribution >= 4 is 11.3 Å². The average Bonchev–Trinajstić information content (AvgIpc) is 2.50. The van der Waals surface area contributed by atoms with Crippen LogP contribution in [0.25, 0.3) is 0 Å². The molecule has 0 atom stereocenters. The Morgan fingerprint density at radius 1 is 1.64 bits per heavy atom. The van der Waals surface area contributed by atoms with Crippen molar-refractivity contribution in [3.63, 3.8) is 0 Å². The summed E-state index contributed by atoms with van der Waals surface area (Å²) in [6.07, 6.45) is 0.587. The molecule has 0 aliphatic rings. The molecule has 0 saturated heterocycles. The smallest absolute Gasteiger partial charge is 0.0635 e. The van der Waals surface area contributed by atoms with Crippen LogP contribution in [0, 0.1) is 11.3 Å². The van der Waals surface area contributed by atoms with Crippen LogP contribution in [-0.2, 0) is 6.54 Å². The molecule has 3 heteroatoms. The Kier molecular flexibility index (Phi) is 3.67. The molecule has 0 aromatic carbocycles. The lowest BCUT2D eigenvalue weighted by Crippen LogP contribution is -2.13. The van der Waals surface area contributed by atoms with Gasteiger partial charge in [-0.3, -0.25) is 0 Å². The second-order valence-electron chi connectivity index (χ2n) is 2.22. The van der Waals surface area contributed by atoms with E-state index in [0.717, 1.165) is 13.1 Å². The van der Waals surface area contributed by atoms with Crippen molar-refractivity contribution in [2.45, 2.75) is 13.0 Å². The van der Waals surface area contributed by atoms with Crippen molar-refractivity contribution < 1.29 is 0 Å². The first-order chi connectivity index (χ1) is 5.43. The lowest BCUT2D eigenvalue weighted by molar-refractivity contribution is 0.700. The molecule has 0 aliphatic heterocycles. The fraction of sp³-hybridized carbons (Fsp3) is 0.375. The summed E-state index contributed by atoms with van der Waals surface area (Å²) in [6, 6.07) is 4.18. The summed E-state index contributed by atoms with van der Waals surface area (Å²) in [5.41, 5.74) is 1.30. The standard InChI is InChI=1S/C8H10N2S/c9-3-1-4-10-6-8-2-5-11-7-8/h2,5,7,10H,1,4,6H2. The van der Waals surface area contributed by atoms with Gasteiger partial charge in [-0.2, -0.15) is 16.6 Å². The number of hydrogen-bond donors (Lipinski definition) is 1. The van der Waals surface area contributed by atoms with Crippen LogP contribution in [0.3, 0.4) is 0 Å². The molecule has 1 N–H and O–H groups in total. The van der Waals surface area contributed by atoms with Crippen molar-refractivity contribution in [2.75, 3.05) is 6.54 Å². The molecule has 2 nitrogen and oxygen atoms in total. The second-order valence-corrected chi connectivity index (χ2v) is 3.00. The Morgan fingerprint density at radius 3 is 3.18 bits per heavy atom. The summed E-state index contributed by atoms with van der Waals surface area (Å²) in [7, 11) is 0. The van der Waals surface area contributed by atoms with Gasteiger partial charge in [-0.15, -0.1) is 0 Å². The van der Waals surface area contributed by atoms with E-state index < -0.39 is 0 Å². The van der Waals surface area contributed by atoms with E-state index >= 15 is 0 Å². The zero-order chi connectivity index (χ0) is 7.94. The van der Waals surface area contributed by atoms with Gasteiger partial charge < -0.3 is 5.32 Å². The highest BCUT2D eigenvalue weighted by Crippen LogP contribution is 2.04. The molecular formula is C8H10N2S. The molecular weight excluding hydrogens is 156 g/mol. The predicted molar refractivity (Wildman–Crippen MR) is 46.3 cm³/mol. The minimum absolute atomic E-state index is 0.587. The summed E-state index contributed by atoms with van der Waals surface area (Å²) >= 11 is 1.70. The minimum atomic E-state index is 0.587. The maximum atomic E-state index is 8.24. The Morgan fingerprint density at radius 2 is 2.55 bits per heavy atom. The average molecular weight is 166 g/mol. The molecule has 0 fully saturated rings. The number of thiophene rings is 1. The maximum absolute atomic E-state index is 8.24. The van der Waals surface area contributed by atoms with E-state index in [4.69, 9.17) is 5.26 Å². The van der Waals surface area contributed by atoms with Gasteiger partial charge in [-0.1, -0.05) is 0 Å². The first-order valence-corrected chi connectivity index (χ1v) is 4.46. The molecule has 0 bridgehead atoms. The Bertz CT molecular complexity index is 223. The van der Waals surface area contributed by atoms with E-state index in [2.05, 4.69) is 28.2 Å². The summed E-state index contributed by atoms with van der Waals surface area (Å²) in [5, 5.41) is 15.6. The number of hydrogen-bond acceptors (Lipinski definition) is 3. The van der Waals surface area contributed by atoms with Crippen LogP contribution in [0.4, 0.5) is 0 Å². The van der Waals surface area contributed by atoms with E-state index in [1.807, 2.05) is 0 Å². The molecule has 58 valence electrons. The first kappa shape index (κ1) is 8.25. The van der Waals surface area contributed by atoms with Crippen LogP contribution < -0.4 is 5.32 Å². The van der Waals surface area contributed by atoms with Gasteiger partial charge in [-0.25, -0.2) is 0 Å². The molecule has 1 aromatic heterocycles. The van der Waals surface area contributed by atoms with Crippen LogP contribution in [0.2, 0.25) is 0 Å². The molecule has 0 spiro atoms. The lowest BCUT2D eigenvalue weighted by atomic mass is 10.3. The molecule has 0 amide bonds.